The Morgan fingerprint density at radius 3 is 3.00 bits per heavy atom. The number of rotatable bonds is 2. The number of aliphatic imine (C=N–C) groups is 1. The van der Waals surface area contributed by atoms with Crippen molar-refractivity contribution in [1.29, 1.82) is 0 Å². The maximum Gasteiger partial charge on any atom is 0.191 e. The van der Waals surface area contributed by atoms with Gasteiger partial charge in [-0.05, 0) is 40.5 Å². The van der Waals surface area contributed by atoms with Crippen molar-refractivity contribution >= 4 is 21.9 Å². The molecule has 5 heteroatoms. The zero-order valence-corrected chi connectivity index (χ0v) is 10.5. The number of nitrogens with zero attached hydrogens (tertiary/aromatic N) is 2. The van der Waals surface area contributed by atoms with E-state index in [1.54, 1.807) is 6.07 Å². The van der Waals surface area contributed by atoms with Gasteiger partial charge in [0.1, 0.15) is 5.82 Å². The van der Waals surface area contributed by atoms with Gasteiger partial charge in [-0.2, -0.15) is 0 Å². The molecule has 0 spiro atoms. The highest BCUT2D eigenvalue weighted by atomic mass is 79.9. The highest BCUT2D eigenvalue weighted by Crippen LogP contribution is 2.27. The minimum absolute atomic E-state index is 0.0626. The first kappa shape index (κ1) is 11.4. The predicted molar refractivity (Wildman–Crippen MR) is 65.7 cm³/mol. The lowest BCUT2D eigenvalue weighted by molar-refractivity contribution is 0.363. The van der Waals surface area contributed by atoms with Gasteiger partial charge in [-0.25, -0.2) is 4.39 Å². The van der Waals surface area contributed by atoms with E-state index >= 15 is 0 Å². The molecule has 0 bridgehead atoms. The third kappa shape index (κ3) is 1.91. The van der Waals surface area contributed by atoms with E-state index in [4.69, 9.17) is 5.73 Å². The van der Waals surface area contributed by atoms with Crippen LogP contribution in [0, 0.1) is 5.82 Å². The minimum atomic E-state index is -0.251. The van der Waals surface area contributed by atoms with Gasteiger partial charge in [0, 0.05) is 6.54 Å². The molecule has 1 aliphatic rings. The van der Waals surface area contributed by atoms with Crippen molar-refractivity contribution in [3.8, 4) is 0 Å². The molecule has 1 aromatic carbocycles. The van der Waals surface area contributed by atoms with E-state index in [1.807, 2.05) is 17.9 Å². The molecule has 0 amide bonds. The van der Waals surface area contributed by atoms with Crippen molar-refractivity contribution in [3.05, 3.63) is 34.1 Å². The lowest BCUT2D eigenvalue weighted by Gasteiger charge is -2.25. The van der Waals surface area contributed by atoms with Gasteiger partial charge in [0.2, 0.25) is 0 Å². The summed E-state index contributed by atoms with van der Waals surface area (Å²) in [7, 11) is 0. The van der Waals surface area contributed by atoms with Crippen LogP contribution in [-0.4, -0.2) is 23.9 Å². The van der Waals surface area contributed by atoms with Crippen LogP contribution < -0.4 is 5.73 Å². The van der Waals surface area contributed by atoms with Gasteiger partial charge in [0.25, 0.3) is 0 Å². The van der Waals surface area contributed by atoms with Gasteiger partial charge in [-0.1, -0.05) is 6.07 Å². The summed E-state index contributed by atoms with van der Waals surface area (Å²) in [5, 5.41) is 0. The summed E-state index contributed by atoms with van der Waals surface area (Å²) in [5.41, 5.74) is 6.67. The maximum absolute atomic E-state index is 13.4. The molecule has 16 heavy (non-hydrogen) atoms. The number of halogens is 2. The van der Waals surface area contributed by atoms with Gasteiger partial charge in [-0.15, -0.1) is 0 Å². The highest BCUT2D eigenvalue weighted by Gasteiger charge is 2.26. The van der Waals surface area contributed by atoms with Crippen molar-refractivity contribution in [2.45, 2.75) is 13.0 Å². The Kier molecular flexibility index (Phi) is 3.14. The Bertz CT molecular complexity index is 433. The normalized spacial score (nSPS) is 20.1. The van der Waals surface area contributed by atoms with Crippen LogP contribution >= 0.6 is 15.9 Å². The van der Waals surface area contributed by atoms with E-state index in [-0.39, 0.29) is 11.9 Å². The number of hydrogen-bond donors (Lipinski definition) is 1. The summed E-state index contributed by atoms with van der Waals surface area (Å²) in [6.07, 6.45) is 0. The summed E-state index contributed by atoms with van der Waals surface area (Å²) in [4.78, 5) is 6.16. The molecule has 3 nitrogen and oxygen atoms in total. The molecule has 86 valence electrons. The Morgan fingerprint density at radius 1 is 1.62 bits per heavy atom. The fourth-order valence-corrected chi connectivity index (χ4v) is 2.16. The summed E-state index contributed by atoms with van der Waals surface area (Å²) in [5.74, 6) is 0.287. The van der Waals surface area contributed by atoms with Crippen LogP contribution in [0.1, 0.15) is 18.5 Å². The summed E-state index contributed by atoms with van der Waals surface area (Å²) >= 11 is 3.14. The highest BCUT2D eigenvalue weighted by molar-refractivity contribution is 9.10. The summed E-state index contributed by atoms with van der Waals surface area (Å²) in [6.45, 7) is 3.38. The van der Waals surface area contributed by atoms with Crippen molar-refractivity contribution < 1.29 is 4.39 Å². The molecule has 1 aliphatic heterocycles. The number of hydrogen-bond acceptors (Lipinski definition) is 3. The van der Waals surface area contributed by atoms with Gasteiger partial charge in [0.05, 0.1) is 17.1 Å². The molecule has 2 N–H and O–H groups in total. The second-order valence-electron chi connectivity index (χ2n) is 3.67. The van der Waals surface area contributed by atoms with E-state index < -0.39 is 0 Å². The molecule has 1 unspecified atom stereocenters. The van der Waals surface area contributed by atoms with E-state index in [1.165, 1.54) is 6.07 Å². The first-order chi connectivity index (χ1) is 7.63. The van der Waals surface area contributed by atoms with Crippen LogP contribution in [0.4, 0.5) is 4.39 Å². The Hall–Kier alpha value is -1.10. The Labute approximate surface area is 102 Å². The topological polar surface area (TPSA) is 41.6 Å². The smallest absolute Gasteiger partial charge is 0.191 e. The molecule has 0 saturated heterocycles. The van der Waals surface area contributed by atoms with Crippen LogP contribution in [0.5, 0.6) is 0 Å². The predicted octanol–water partition coefficient (Wildman–Crippen LogP) is 2.28. The largest absolute Gasteiger partial charge is 0.370 e. The fourth-order valence-electron chi connectivity index (χ4n) is 1.92. The van der Waals surface area contributed by atoms with Crippen molar-refractivity contribution in [1.82, 2.24) is 4.90 Å². The minimum Gasteiger partial charge on any atom is -0.370 e. The molecular formula is C11H13BrFN3. The van der Waals surface area contributed by atoms with Gasteiger partial charge < -0.3 is 10.6 Å². The lowest BCUT2D eigenvalue weighted by atomic mass is 10.1. The van der Waals surface area contributed by atoms with Crippen LogP contribution in [0.3, 0.4) is 0 Å². The Morgan fingerprint density at radius 2 is 2.38 bits per heavy atom. The molecule has 0 aliphatic carbocycles. The molecular weight excluding hydrogens is 273 g/mol. The quantitative estimate of drug-likeness (QED) is 0.906. The van der Waals surface area contributed by atoms with Crippen molar-refractivity contribution in [3.63, 3.8) is 0 Å². The molecule has 2 rings (SSSR count). The third-order valence-electron chi connectivity index (χ3n) is 2.77. The van der Waals surface area contributed by atoms with E-state index in [0.717, 1.165) is 12.1 Å². The van der Waals surface area contributed by atoms with Crippen LogP contribution in [-0.2, 0) is 0 Å². The molecule has 0 saturated carbocycles. The zero-order chi connectivity index (χ0) is 11.7. The van der Waals surface area contributed by atoms with Crippen molar-refractivity contribution in [2.24, 2.45) is 10.7 Å². The number of benzene rings is 1. The average Bonchev–Trinajstić information content (AvgIpc) is 2.63. The number of likely N-dealkylation sites (N-methyl/N-ethyl adjacent to an activating group) is 1. The number of nitrogens with two attached hydrogens (primary N) is 1. The molecule has 0 aromatic heterocycles. The van der Waals surface area contributed by atoms with Crippen LogP contribution in [0.15, 0.2) is 27.7 Å². The van der Waals surface area contributed by atoms with E-state index in [2.05, 4.69) is 20.9 Å². The molecule has 1 atom stereocenters. The Balaban J connectivity index is 2.28. The second kappa shape index (κ2) is 4.41. The molecule has 0 radical (unpaired) electrons. The first-order valence-electron chi connectivity index (χ1n) is 5.15. The average molecular weight is 286 g/mol. The molecule has 0 fully saturated rings. The van der Waals surface area contributed by atoms with Gasteiger partial charge >= 0.3 is 0 Å². The standard InChI is InChI=1S/C11H13BrFN3/c1-2-16-10(6-15-11(16)14)7-3-4-8(12)9(13)5-7/h3-5,10H,2,6H2,1H3,(H2,14,15). The summed E-state index contributed by atoms with van der Waals surface area (Å²) < 4.78 is 13.9. The first-order valence-corrected chi connectivity index (χ1v) is 5.94. The van der Waals surface area contributed by atoms with Crippen molar-refractivity contribution in [2.75, 3.05) is 13.1 Å². The van der Waals surface area contributed by atoms with Gasteiger partial charge in [-0.3, -0.25) is 4.99 Å². The fraction of sp³-hybridized carbons (Fsp3) is 0.364. The van der Waals surface area contributed by atoms with Crippen LogP contribution in [0.25, 0.3) is 0 Å². The zero-order valence-electron chi connectivity index (χ0n) is 8.95. The van der Waals surface area contributed by atoms with E-state index in [9.17, 15) is 4.39 Å². The third-order valence-corrected chi connectivity index (χ3v) is 3.41. The summed E-state index contributed by atoms with van der Waals surface area (Å²) in [6, 6.07) is 5.21. The second-order valence-corrected chi connectivity index (χ2v) is 4.53. The lowest BCUT2D eigenvalue weighted by Crippen LogP contribution is -2.35. The molecule has 1 heterocycles. The molecule has 1 aromatic rings. The number of guanidine groups is 1. The SMILES string of the molecule is CCN1C(N)=NCC1c1ccc(Br)c(F)c1. The van der Waals surface area contributed by atoms with Gasteiger partial charge in [0.15, 0.2) is 5.96 Å². The maximum atomic E-state index is 13.4. The monoisotopic (exact) mass is 285 g/mol. The van der Waals surface area contributed by atoms with E-state index in [0.29, 0.717) is 17.0 Å². The van der Waals surface area contributed by atoms with Crippen LogP contribution in [0.2, 0.25) is 0 Å².